The Morgan fingerprint density at radius 1 is 1.33 bits per heavy atom. The highest BCUT2D eigenvalue weighted by molar-refractivity contribution is 6.02. The Morgan fingerprint density at radius 3 is 2.72 bits per heavy atom. The Morgan fingerprint density at radius 2 is 2.06 bits per heavy atom. The number of nitrogens with zero attached hydrogens (tertiary/aromatic N) is 1. The van der Waals surface area contributed by atoms with E-state index in [4.69, 9.17) is 0 Å². The van der Waals surface area contributed by atoms with Gasteiger partial charge in [0.15, 0.2) is 0 Å². The van der Waals surface area contributed by atoms with E-state index in [0.717, 1.165) is 11.1 Å². The van der Waals surface area contributed by atoms with Crippen LogP contribution in [-0.2, 0) is 16.1 Å². The number of carbonyl (C=O) groups is 2. The number of benzene rings is 1. The molecule has 4 heteroatoms. The second-order valence-electron chi connectivity index (χ2n) is 5.25. The van der Waals surface area contributed by atoms with E-state index in [0.29, 0.717) is 6.54 Å². The summed E-state index contributed by atoms with van der Waals surface area (Å²) in [5.41, 5.74) is 1.44. The molecule has 0 bridgehead atoms. The second-order valence-corrected chi connectivity index (χ2v) is 5.25. The van der Waals surface area contributed by atoms with E-state index in [1.807, 2.05) is 31.2 Å². The molecule has 0 radical (unpaired) electrons. The number of nitrogens with one attached hydrogen (secondary N) is 1. The molecule has 1 N–H and O–H groups in total. The van der Waals surface area contributed by atoms with Crippen molar-refractivity contribution in [3.05, 3.63) is 35.4 Å². The second kappa shape index (κ2) is 4.53. The summed E-state index contributed by atoms with van der Waals surface area (Å²) in [6.45, 7) is 6.15. The van der Waals surface area contributed by atoms with E-state index in [-0.39, 0.29) is 18.4 Å². The van der Waals surface area contributed by atoms with Gasteiger partial charge in [-0.3, -0.25) is 19.8 Å². The molecule has 1 fully saturated rings. The third kappa shape index (κ3) is 2.43. The lowest BCUT2D eigenvalue weighted by Gasteiger charge is -2.36. The number of rotatable bonds is 2. The van der Waals surface area contributed by atoms with Gasteiger partial charge in [-0.2, -0.15) is 0 Å². The third-order valence-electron chi connectivity index (χ3n) is 3.19. The normalized spacial score (nSPS) is 19.2. The molecule has 0 atom stereocenters. The Kier molecular flexibility index (Phi) is 3.22. The maximum absolute atomic E-state index is 12.2. The van der Waals surface area contributed by atoms with Gasteiger partial charge in [0, 0.05) is 0 Å². The van der Waals surface area contributed by atoms with Crippen molar-refractivity contribution in [1.82, 2.24) is 10.2 Å². The van der Waals surface area contributed by atoms with Crippen molar-refractivity contribution in [3.63, 3.8) is 0 Å². The highest BCUT2D eigenvalue weighted by Crippen LogP contribution is 2.16. The number of carbonyl (C=O) groups excluding carboxylic acids is 2. The van der Waals surface area contributed by atoms with Gasteiger partial charge in [0.05, 0.1) is 18.6 Å². The van der Waals surface area contributed by atoms with Crippen molar-refractivity contribution in [3.8, 4) is 0 Å². The fourth-order valence-corrected chi connectivity index (χ4v) is 2.07. The summed E-state index contributed by atoms with van der Waals surface area (Å²) in [7, 11) is 0. The first-order valence-electron chi connectivity index (χ1n) is 6.05. The van der Waals surface area contributed by atoms with Crippen molar-refractivity contribution in [1.29, 1.82) is 0 Å². The molecule has 1 aliphatic heterocycles. The van der Waals surface area contributed by atoms with Crippen molar-refractivity contribution >= 4 is 11.8 Å². The minimum absolute atomic E-state index is 0.166. The molecule has 0 saturated carbocycles. The van der Waals surface area contributed by atoms with Crippen LogP contribution in [0.1, 0.15) is 25.0 Å². The summed E-state index contributed by atoms with van der Waals surface area (Å²) in [5.74, 6) is -0.332. The number of imide groups is 1. The summed E-state index contributed by atoms with van der Waals surface area (Å²) < 4.78 is 0. The average molecular weight is 246 g/mol. The molecule has 18 heavy (non-hydrogen) atoms. The van der Waals surface area contributed by atoms with Crippen molar-refractivity contribution in [2.75, 3.05) is 6.54 Å². The van der Waals surface area contributed by atoms with Crippen LogP contribution in [-0.4, -0.2) is 28.8 Å². The van der Waals surface area contributed by atoms with Gasteiger partial charge in [-0.15, -0.1) is 0 Å². The molecule has 4 nitrogen and oxygen atoms in total. The van der Waals surface area contributed by atoms with E-state index >= 15 is 0 Å². The highest BCUT2D eigenvalue weighted by atomic mass is 16.2. The minimum Gasteiger partial charge on any atom is -0.295 e. The maximum atomic E-state index is 12.2. The predicted molar refractivity (Wildman–Crippen MR) is 68.8 cm³/mol. The van der Waals surface area contributed by atoms with Gasteiger partial charge in [-0.05, 0) is 26.3 Å². The van der Waals surface area contributed by atoms with Gasteiger partial charge in [0.25, 0.3) is 0 Å². The zero-order chi connectivity index (χ0) is 13.3. The van der Waals surface area contributed by atoms with E-state index in [1.54, 1.807) is 13.8 Å². The largest absolute Gasteiger partial charge is 0.295 e. The van der Waals surface area contributed by atoms with Crippen LogP contribution in [0.2, 0.25) is 0 Å². The van der Waals surface area contributed by atoms with Crippen molar-refractivity contribution < 1.29 is 9.59 Å². The highest BCUT2D eigenvalue weighted by Gasteiger charge is 2.39. The summed E-state index contributed by atoms with van der Waals surface area (Å²) >= 11 is 0. The SMILES string of the molecule is Cc1cccc(CN2C(=O)CNC(C)(C)C2=O)c1. The number of hydrogen-bond acceptors (Lipinski definition) is 3. The molecule has 2 rings (SSSR count). The first-order valence-corrected chi connectivity index (χ1v) is 6.05. The molecule has 0 unspecified atom stereocenters. The van der Waals surface area contributed by atoms with Crippen molar-refractivity contribution in [2.45, 2.75) is 32.9 Å². The van der Waals surface area contributed by atoms with Crippen LogP contribution in [0.4, 0.5) is 0 Å². The number of hydrogen-bond donors (Lipinski definition) is 1. The summed E-state index contributed by atoms with van der Waals surface area (Å²) in [4.78, 5) is 25.4. The molecule has 1 aromatic rings. The van der Waals surface area contributed by atoms with Crippen molar-refractivity contribution in [2.24, 2.45) is 0 Å². The van der Waals surface area contributed by atoms with Gasteiger partial charge in [0.1, 0.15) is 0 Å². The molecule has 2 amide bonds. The molecule has 1 heterocycles. The first-order chi connectivity index (χ1) is 8.40. The Hall–Kier alpha value is -1.68. The lowest BCUT2D eigenvalue weighted by Crippen LogP contribution is -2.63. The molecule has 0 aliphatic carbocycles. The number of amides is 2. The Balaban J connectivity index is 2.21. The summed E-state index contributed by atoms with van der Waals surface area (Å²) in [6.07, 6.45) is 0. The molecule has 1 saturated heterocycles. The minimum atomic E-state index is -0.669. The van der Waals surface area contributed by atoms with E-state index < -0.39 is 5.54 Å². The van der Waals surface area contributed by atoms with E-state index in [9.17, 15) is 9.59 Å². The zero-order valence-electron chi connectivity index (χ0n) is 11.0. The van der Waals surface area contributed by atoms with E-state index in [1.165, 1.54) is 4.90 Å². The van der Waals surface area contributed by atoms with Gasteiger partial charge < -0.3 is 0 Å². The monoisotopic (exact) mass is 246 g/mol. The third-order valence-corrected chi connectivity index (χ3v) is 3.19. The standard InChI is InChI=1S/C14H18N2O2/c1-10-5-4-6-11(7-10)9-16-12(17)8-15-14(2,3)13(16)18/h4-7,15H,8-9H2,1-3H3. The molecule has 1 aliphatic rings. The topological polar surface area (TPSA) is 49.4 Å². The number of piperazine rings is 1. The first kappa shape index (κ1) is 12.8. The van der Waals surface area contributed by atoms with E-state index in [2.05, 4.69) is 5.32 Å². The summed E-state index contributed by atoms with van der Waals surface area (Å²) in [6, 6.07) is 7.86. The predicted octanol–water partition coefficient (Wildman–Crippen LogP) is 1.23. The molecule has 96 valence electrons. The van der Waals surface area contributed by atoms with Crippen LogP contribution in [0.15, 0.2) is 24.3 Å². The molecular weight excluding hydrogens is 228 g/mol. The lowest BCUT2D eigenvalue weighted by molar-refractivity contribution is -0.153. The van der Waals surface area contributed by atoms with Crippen LogP contribution in [0.3, 0.4) is 0 Å². The Bertz CT molecular complexity index is 494. The maximum Gasteiger partial charge on any atom is 0.249 e. The van der Waals surface area contributed by atoms with Gasteiger partial charge in [-0.1, -0.05) is 29.8 Å². The molecule has 0 aromatic heterocycles. The van der Waals surface area contributed by atoms with Gasteiger partial charge in [0.2, 0.25) is 11.8 Å². The van der Waals surface area contributed by atoms with Gasteiger partial charge in [-0.25, -0.2) is 0 Å². The quantitative estimate of drug-likeness (QED) is 0.799. The van der Waals surface area contributed by atoms with Crippen LogP contribution in [0.25, 0.3) is 0 Å². The van der Waals surface area contributed by atoms with Crippen LogP contribution >= 0.6 is 0 Å². The smallest absolute Gasteiger partial charge is 0.249 e. The van der Waals surface area contributed by atoms with Crippen LogP contribution in [0, 0.1) is 6.92 Å². The van der Waals surface area contributed by atoms with Gasteiger partial charge >= 0.3 is 0 Å². The molecule has 1 aromatic carbocycles. The lowest BCUT2D eigenvalue weighted by atomic mass is 10.00. The molecule has 0 spiro atoms. The fourth-order valence-electron chi connectivity index (χ4n) is 2.07. The van der Waals surface area contributed by atoms with Crippen LogP contribution < -0.4 is 5.32 Å². The summed E-state index contributed by atoms with van der Waals surface area (Å²) in [5, 5.41) is 2.94. The average Bonchev–Trinajstić information content (AvgIpc) is 2.31. The number of aryl methyl sites for hydroxylation is 1. The fraction of sp³-hybridized carbons (Fsp3) is 0.429. The van der Waals surface area contributed by atoms with Crippen LogP contribution in [0.5, 0.6) is 0 Å². The molecular formula is C14H18N2O2. The zero-order valence-corrected chi connectivity index (χ0v) is 11.0. The Labute approximate surface area is 107 Å².